The van der Waals surface area contributed by atoms with Crippen LogP contribution in [0.1, 0.15) is 37.1 Å². The minimum Gasteiger partial charge on any atom is -0.423 e. The summed E-state index contributed by atoms with van der Waals surface area (Å²) in [4.78, 5) is 11.1. The number of carbonyl (C=O) groups is 1. The molecule has 0 spiro atoms. The number of carbonyl (C=O) groups excluding carboxylic acids is 1. The highest BCUT2D eigenvalue weighted by Crippen LogP contribution is 2.21. The zero-order chi connectivity index (χ0) is 9.26. The van der Waals surface area contributed by atoms with Gasteiger partial charge in [-0.05, 0) is 12.8 Å². The fraction of sp³-hybridized carbons (Fsp3) is 0.625. The lowest BCUT2D eigenvalue weighted by molar-refractivity contribution is -0.123. The van der Waals surface area contributed by atoms with Crippen LogP contribution in [0.2, 0.25) is 0 Å². The third kappa shape index (κ3) is 1.68. The third-order valence-electron chi connectivity index (χ3n) is 2.07. The Kier molecular flexibility index (Phi) is 2.00. The minimum absolute atomic E-state index is 0.0621. The van der Waals surface area contributed by atoms with Crippen molar-refractivity contribution in [2.75, 3.05) is 0 Å². The normalized spacial score (nSPS) is 22.8. The van der Waals surface area contributed by atoms with E-state index < -0.39 is 0 Å². The number of nitrogens with zero attached hydrogens (tertiary/aromatic N) is 2. The molecular weight excluding hydrogens is 170 g/mol. The van der Waals surface area contributed by atoms with Gasteiger partial charge in [-0.2, -0.15) is 0 Å². The molecule has 1 unspecified atom stereocenters. The van der Waals surface area contributed by atoms with Crippen molar-refractivity contribution < 1.29 is 9.21 Å². The Hall–Kier alpha value is -1.39. The van der Waals surface area contributed by atoms with E-state index in [-0.39, 0.29) is 11.9 Å². The summed E-state index contributed by atoms with van der Waals surface area (Å²) in [6, 6.07) is -0.0811. The fourth-order valence-corrected chi connectivity index (χ4v) is 1.44. The van der Waals surface area contributed by atoms with E-state index in [1.165, 1.54) is 0 Å². The maximum absolute atomic E-state index is 11.1. The molecule has 2 heterocycles. The smallest absolute Gasteiger partial charge is 0.238 e. The van der Waals surface area contributed by atoms with Crippen LogP contribution in [-0.2, 0) is 4.79 Å². The van der Waals surface area contributed by atoms with Crippen LogP contribution in [0.25, 0.3) is 0 Å². The monoisotopic (exact) mass is 181 g/mol. The van der Waals surface area contributed by atoms with E-state index in [1.807, 2.05) is 0 Å². The molecule has 0 bridgehead atoms. The second kappa shape index (κ2) is 3.16. The van der Waals surface area contributed by atoms with E-state index in [0.29, 0.717) is 18.2 Å². The number of nitrogens with one attached hydrogen (secondary N) is 1. The molecule has 2 rings (SSSR count). The van der Waals surface area contributed by atoms with Crippen LogP contribution in [0.15, 0.2) is 4.42 Å². The van der Waals surface area contributed by atoms with Gasteiger partial charge < -0.3 is 9.73 Å². The quantitative estimate of drug-likeness (QED) is 0.693. The minimum atomic E-state index is -0.0811. The van der Waals surface area contributed by atoms with Crippen LogP contribution in [0, 0.1) is 6.92 Å². The molecule has 0 aromatic carbocycles. The van der Waals surface area contributed by atoms with Crippen molar-refractivity contribution in [3.8, 4) is 0 Å². The Morgan fingerprint density at radius 1 is 1.54 bits per heavy atom. The maximum atomic E-state index is 11.1. The van der Waals surface area contributed by atoms with Crippen molar-refractivity contribution in [3.05, 3.63) is 11.8 Å². The molecule has 1 N–H and O–H groups in total. The second-order valence-corrected chi connectivity index (χ2v) is 3.17. The predicted octanol–water partition coefficient (Wildman–Crippen LogP) is 0.719. The van der Waals surface area contributed by atoms with Crippen molar-refractivity contribution in [2.24, 2.45) is 0 Å². The Morgan fingerprint density at radius 3 is 3.00 bits per heavy atom. The van der Waals surface area contributed by atoms with Gasteiger partial charge in [-0.1, -0.05) is 0 Å². The average Bonchev–Trinajstić information content (AvgIpc) is 2.52. The largest absolute Gasteiger partial charge is 0.423 e. The first-order chi connectivity index (χ1) is 6.25. The number of rotatable bonds is 1. The molecule has 0 radical (unpaired) electrons. The number of amides is 1. The first kappa shape index (κ1) is 8.22. The Labute approximate surface area is 75.5 Å². The van der Waals surface area contributed by atoms with Gasteiger partial charge in [-0.15, -0.1) is 10.2 Å². The summed E-state index contributed by atoms with van der Waals surface area (Å²) in [5.74, 6) is 1.12. The van der Waals surface area contributed by atoms with Gasteiger partial charge in [-0.25, -0.2) is 0 Å². The summed E-state index contributed by atoms with van der Waals surface area (Å²) < 4.78 is 5.23. The Morgan fingerprint density at radius 2 is 2.38 bits per heavy atom. The average molecular weight is 181 g/mol. The highest BCUT2D eigenvalue weighted by molar-refractivity contribution is 5.76. The first-order valence-corrected chi connectivity index (χ1v) is 4.35. The fourth-order valence-electron chi connectivity index (χ4n) is 1.44. The predicted molar refractivity (Wildman–Crippen MR) is 43.8 cm³/mol. The molecule has 5 nitrogen and oxygen atoms in total. The van der Waals surface area contributed by atoms with Crippen LogP contribution in [-0.4, -0.2) is 16.1 Å². The summed E-state index contributed by atoms with van der Waals surface area (Å²) in [5, 5.41) is 10.4. The van der Waals surface area contributed by atoms with Crippen molar-refractivity contribution in [2.45, 2.75) is 32.2 Å². The molecule has 1 aliphatic rings. The number of hydrogen-bond acceptors (Lipinski definition) is 4. The SMILES string of the molecule is Cc1nnc(C2CCCC(=O)N2)o1. The first-order valence-electron chi connectivity index (χ1n) is 4.35. The molecule has 0 aliphatic carbocycles. The van der Waals surface area contributed by atoms with Crippen molar-refractivity contribution in [1.82, 2.24) is 15.5 Å². The lowest BCUT2D eigenvalue weighted by Gasteiger charge is -2.19. The van der Waals surface area contributed by atoms with Crippen molar-refractivity contribution in [3.63, 3.8) is 0 Å². The highest BCUT2D eigenvalue weighted by Gasteiger charge is 2.23. The van der Waals surface area contributed by atoms with E-state index in [4.69, 9.17) is 4.42 Å². The molecule has 1 atom stereocenters. The molecule has 0 saturated carbocycles. The van der Waals surface area contributed by atoms with Gasteiger partial charge in [0.15, 0.2) is 0 Å². The van der Waals surface area contributed by atoms with Gasteiger partial charge in [0.2, 0.25) is 17.7 Å². The zero-order valence-corrected chi connectivity index (χ0v) is 7.41. The lowest BCUT2D eigenvalue weighted by Crippen LogP contribution is -2.32. The topological polar surface area (TPSA) is 68.0 Å². The summed E-state index contributed by atoms with van der Waals surface area (Å²) >= 11 is 0. The molecule has 1 aliphatic heterocycles. The van der Waals surface area contributed by atoms with E-state index in [2.05, 4.69) is 15.5 Å². The van der Waals surface area contributed by atoms with Gasteiger partial charge in [0.05, 0.1) is 0 Å². The van der Waals surface area contributed by atoms with E-state index in [9.17, 15) is 4.79 Å². The summed E-state index contributed by atoms with van der Waals surface area (Å²) in [6.45, 7) is 1.74. The zero-order valence-electron chi connectivity index (χ0n) is 7.41. The van der Waals surface area contributed by atoms with Gasteiger partial charge in [0, 0.05) is 13.3 Å². The van der Waals surface area contributed by atoms with Crippen LogP contribution in [0.3, 0.4) is 0 Å². The Bertz CT molecular complexity index is 321. The van der Waals surface area contributed by atoms with Crippen LogP contribution in [0.5, 0.6) is 0 Å². The van der Waals surface area contributed by atoms with Crippen LogP contribution < -0.4 is 5.32 Å². The van der Waals surface area contributed by atoms with Gasteiger partial charge in [0.1, 0.15) is 6.04 Å². The molecule has 1 amide bonds. The molecule has 1 fully saturated rings. The summed E-state index contributed by atoms with van der Waals surface area (Å²) in [7, 11) is 0. The standard InChI is InChI=1S/C8H11N3O2/c1-5-10-11-8(13-5)6-3-2-4-7(12)9-6/h6H,2-4H2,1H3,(H,9,12). The summed E-state index contributed by atoms with van der Waals surface area (Å²) in [5.41, 5.74) is 0. The molecule has 70 valence electrons. The van der Waals surface area contributed by atoms with Crippen LogP contribution >= 0.6 is 0 Å². The van der Waals surface area contributed by atoms with E-state index >= 15 is 0 Å². The molecular formula is C8H11N3O2. The van der Waals surface area contributed by atoms with E-state index in [0.717, 1.165) is 12.8 Å². The maximum Gasteiger partial charge on any atom is 0.238 e. The lowest BCUT2D eigenvalue weighted by atomic mass is 10.0. The molecule has 5 heteroatoms. The van der Waals surface area contributed by atoms with E-state index in [1.54, 1.807) is 6.92 Å². The van der Waals surface area contributed by atoms with Crippen molar-refractivity contribution in [1.29, 1.82) is 0 Å². The Balaban J connectivity index is 2.12. The molecule has 1 aromatic heterocycles. The van der Waals surface area contributed by atoms with Gasteiger partial charge in [-0.3, -0.25) is 4.79 Å². The number of aromatic nitrogens is 2. The third-order valence-corrected chi connectivity index (χ3v) is 2.07. The molecule has 1 aromatic rings. The van der Waals surface area contributed by atoms with Crippen molar-refractivity contribution >= 4 is 5.91 Å². The van der Waals surface area contributed by atoms with Gasteiger partial charge >= 0.3 is 0 Å². The highest BCUT2D eigenvalue weighted by atomic mass is 16.4. The molecule has 1 saturated heterocycles. The van der Waals surface area contributed by atoms with Crippen LogP contribution in [0.4, 0.5) is 0 Å². The summed E-state index contributed by atoms with van der Waals surface area (Å²) in [6.07, 6.45) is 2.37. The second-order valence-electron chi connectivity index (χ2n) is 3.17. The number of hydrogen-bond donors (Lipinski definition) is 1. The molecule has 13 heavy (non-hydrogen) atoms. The number of aryl methyl sites for hydroxylation is 1. The van der Waals surface area contributed by atoms with Gasteiger partial charge in [0.25, 0.3) is 0 Å². The number of piperidine rings is 1.